The van der Waals surface area contributed by atoms with Crippen LogP contribution in [0.5, 0.6) is 5.88 Å². The molecule has 0 spiro atoms. The third-order valence-electron chi connectivity index (χ3n) is 3.48. The second-order valence-electron chi connectivity index (χ2n) is 4.90. The molecule has 1 aliphatic heterocycles. The number of aryl methyl sites for hydroxylation is 1. The number of anilines is 1. The fourth-order valence-electron chi connectivity index (χ4n) is 2.42. The van der Waals surface area contributed by atoms with E-state index in [-0.39, 0.29) is 5.56 Å². The molecule has 21 heavy (non-hydrogen) atoms. The molecule has 0 saturated heterocycles. The lowest BCUT2D eigenvalue weighted by atomic mass is 10.1. The van der Waals surface area contributed by atoms with Gasteiger partial charge in [-0.25, -0.2) is 14.6 Å². The van der Waals surface area contributed by atoms with Crippen molar-refractivity contribution in [3.05, 3.63) is 40.1 Å². The van der Waals surface area contributed by atoms with Crippen LogP contribution in [0.25, 0.3) is 0 Å². The van der Waals surface area contributed by atoms with Gasteiger partial charge in [0.25, 0.3) is 5.56 Å². The Morgan fingerprint density at radius 3 is 3.00 bits per heavy atom. The van der Waals surface area contributed by atoms with Gasteiger partial charge >= 0.3 is 0 Å². The molecule has 0 fully saturated rings. The van der Waals surface area contributed by atoms with E-state index in [9.17, 15) is 4.79 Å². The fourth-order valence-corrected chi connectivity index (χ4v) is 2.42. The number of rotatable bonds is 3. The molecule has 1 aliphatic rings. The van der Waals surface area contributed by atoms with E-state index in [0.717, 1.165) is 30.0 Å². The number of fused-ring (bicyclic) bond motifs is 1. The summed E-state index contributed by atoms with van der Waals surface area (Å²) in [6, 6.07) is 3.47. The van der Waals surface area contributed by atoms with Gasteiger partial charge in [0.1, 0.15) is 12.1 Å². The second kappa shape index (κ2) is 5.51. The van der Waals surface area contributed by atoms with Crippen molar-refractivity contribution in [3.8, 4) is 5.88 Å². The first-order valence-corrected chi connectivity index (χ1v) is 6.93. The number of hydrogen-bond acceptors (Lipinski definition) is 6. The minimum Gasteiger partial charge on any atom is -0.478 e. The topological polar surface area (TPSA) is 73.1 Å². The summed E-state index contributed by atoms with van der Waals surface area (Å²) in [6.07, 6.45) is 2.29. The lowest BCUT2D eigenvalue weighted by Crippen LogP contribution is -2.34. The highest BCUT2D eigenvalue weighted by Crippen LogP contribution is 2.22. The lowest BCUT2D eigenvalue weighted by molar-refractivity contribution is 0.326. The largest absolute Gasteiger partial charge is 0.478 e. The Labute approximate surface area is 122 Å². The molecule has 3 rings (SSSR count). The zero-order valence-corrected chi connectivity index (χ0v) is 12.1. The Hall–Kier alpha value is -2.44. The molecule has 0 bridgehead atoms. The molecule has 0 unspecified atom stereocenters. The molecule has 0 saturated carbocycles. The first-order valence-electron chi connectivity index (χ1n) is 6.93. The predicted octanol–water partition coefficient (Wildman–Crippen LogP) is 0.532. The van der Waals surface area contributed by atoms with Crippen LogP contribution in [-0.2, 0) is 20.0 Å². The average molecular weight is 287 g/mol. The summed E-state index contributed by atoms with van der Waals surface area (Å²) in [7, 11) is 1.67. The maximum Gasteiger partial charge on any atom is 0.266 e. The van der Waals surface area contributed by atoms with Gasteiger partial charge in [0.05, 0.1) is 12.3 Å². The number of ether oxygens (including phenoxy) is 1. The van der Waals surface area contributed by atoms with E-state index in [4.69, 9.17) is 4.74 Å². The highest BCUT2D eigenvalue weighted by molar-refractivity contribution is 5.44. The minimum absolute atomic E-state index is 0.0895. The predicted molar refractivity (Wildman–Crippen MR) is 77.4 cm³/mol. The fraction of sp³-hybridized carbons (Fsp3) is 0.429. The minimum atomic E-state index is -0.0895. The third-order valence-corrected chi connectivity index (χ3v) is 3.48. The quantitative estimate of drug-likeness (QED) is 0.820. The van der Waals surface area contributed by atoms with Gasteiger partial charge in [-0.15, -0.1) is 0 Å². The second-order valence-corrected chi connectivity index (χ2v) is 4.90. The van der Waals surface area contributed by atoms with Crippen LogP contribution in [-0.4, -0.2) is 32.9 Å². The van der Waals surface area contributed by atoms with Gasteiger partial charge in [0.2, 0.25) is 5.88 Å². The molecule has 7 nitrogen and oxygen atoms in total. The standard InChI is InChI=1S/C14H17N5O2/c1-3-21-13-7-12(15-9-16-13)19-5-4-11-10(8-19)6-14(20)18(2)17-11/h6-7,9H,3-5,8H2,1-2H3. The van der Waals surface area contributed by atoms with Crippen molar-refractivity contribution < 1.29 is 4.74 Å². The molecule has 7 heteroatoms. The Balaban J connectivity index is 1.87. The molecule has 0 aromatic carbocycles. The van der Waals surface area contributed by atoms with Crippen LogP contribution < -0.4 is 15.2 Å². The molecule has 2 aromatic heterocycles. The maximum atomic E-state index is 11.7. The first kappa shape index (κ1) is 13.5. The molecular weight excluding hydrogens is 270 g/mol. The zero-order chi connectivity index (χ0) is 14.8. The van der Waals surface area contributed by atoms with Crippen molar-refractivity contribution in [1.82, 2.24) is 19.7 Å². The molecule has 0 N–H and O–H groups in total. The smallest absolute Gasteiger partial charge is 0.266 e. The maximum absolute atomic E-state index is 11.7. The van der Waals surface area contributed by atoms with E-state index in [1.807, 2.05) is 13.0 Å². The Kier molecular flexibility index (Phi) is 3.55. The van der Waals surface area contributed by atoms with E-state index in [2.05, 4.69) is 20.0 Å². The lowest BCUT2D eigenvalue weighted by Gasteiger charge is -2.29. The van der Waals surface area contributed by atoms with Crippen LogP contribution in [0.15, 0.2) is 23.3 Å². The molecule has 0 radical (unpaired) electrons. The summed E-state index contributed by atoms with van der Waals surface area (Å²) in [4.78, 5) is 22.2. The normalized spacial score (nSPS) is 13.9. The molecule has 0 atom stereocenters. The average Bonchev–Trinajstić information content (AvgIpc) is 2.49. The summed E-state index contributed by atoms with van der Waals surface area (Å²) >= 11 is 0. The Morgan fingerprint density at radius 2 is 2.19 bits per heavy atom. The highest BCUT2D eigenvalue weighted by Gasteiger charge is 2.20. The number of aromatic nitrogens is 4. The number of nitrogens with zero attached hydrogens (tertiary/aromatic N) is 5. The molecule has 110 valence electrons. The van der Waals surface area contributed by atoms with E-state index >= 15 is 0 Å². The number of hydrogen-bond donors (Lipinski definition) is 0. The third kappa shape index (κ3) is 2.72. The van der Waals surface area contributed by atoms with Crippen LogP contribution in [0.1, 0.15) is 18.2 Å². The van der Waals surface area contributed by atoms with E-state index in [0.29, 0.717) is 19.0 Å². The molecule has 2 aromatic rings. The van der Waals surface area contributed by atoms with Gasteiger partial charge in [0.15, 0.2) is 0 Å². The van der Waals surface area contributed by atoms with Gasteiger partial charge in [-0.1, -0.05) is 0 Å². The summed E-state index contributed by atoms with van der Waals surface area (Å²) in [5.41, 5.74) is 1.85. The summed E-state index contributed by atoms with van der Waals surface area (Å²) in [6.45, 7) is 3.92. The van der Waals surface area contributed by atoms with Crippen molar-refractivity contribution in [3.63, 3.8) is 0 Å². The summed E-state index contributed by atoms with van der Waals surface area (Å²) in [5.74, 6) is 1.37. The summed E-state index contributed by atoms with van der Waals surface area (Å²) < 4.78 is 6.78. The SMILES string of the molecule is CCOc1cc(N2CCc3nn(C)c(=O)cc3C2)ncn1. The molecule has 0 aliphatic carbocycles. The van der Waals surface area contributed by atoms with E-state index in [1.54, 1.807) is 13.1 Å². The first-order chi connectivity index (χ1) is 10.2. The molecule has 3 heterocycles. The van der Waals surface area contributed by atoms with Crippen LogP contribution in [0.2, 0.25) is 0 Å². The van der Waals surface area contributed by atoms with Crippen molar-refractivity contribution in [2.24, 2.45) is 7.05 Å². The van der Waals surface area contributed by atoms with Crippen molar-refractivity contribution in [1.29, 1.82) is 0 Å². The van der Waals surface area contributed by atoms with Gasteiger partial charge in [-0.2, -0.15) is 5.10 Å². The monoisotopic (exact) mass is 287 g/mol. The van der Waals surface area contributed by atoms with Gasteiger partial charge in [-0.05, 0) is 6.92 Å². The van der Waals surface area contributed by atoms with Crippen LogP contribution >= 0.6 is 0 Å². The molecular formula is C14H17N5O2. The highest BCUT2D eigenvalue weighted by atomic mass is 16.5. The van der Waals surface area contributed by atoms with E-state index in [1.165, 1.54) is 11.0 Å². The van der Waals surface area contributed by atoms with Crippen molar-refractivity contribution >= 4 is 5.82 Å². The molecule has 0 amide bonds. The zero-order valence-electron chi connectivity index (χ0n) is 12.1. The van der Waals surface area contributed by atoms with Crippen LogP contribution in [0.3, 0.4) is 0 Å². The van der Waals surface area contributed by atoms with Crippen LogP contribution in [0, 0.1) is 0 Å². The van der Waals surface area contributed by atoms with Gasteiger partial charge in [0, 0.05) is 44.3 Å². The van der Waals surface area contributed by atoms with Crippen molar-refractivity contribution in [2.75, 3.05) is 18.1 Å². The Morgan fingerprint density at radius 1 is 1.33 bits per heavy atom. The van der Waals surface area contributed by atoms with Gasteiger partial charge in [-0.3, -0.25) is 4.79 Å². The van der Waals surface area contributed by atoms with Crippen molar-refractivity contribution in [2.45, 2.75) is 19.9 Å². The van der Waals surface area contributed by atoms with Gasteiger partial charge < -0.3 is 9.64 Å². The van der Waals surface area contributed by atoms with Crippen LogP contribution in [0.4, 0.5) is 5.82 Å². The Bertz CT molecular complexity index is 713. The van der Waals surface area contributed by atoms with E-state index < -0.39 is 0 Å². The summed E-state index contributed by atoms with van der Waals surface area (Å²) in [5, 5.41) is 4.31.